The molecule has 8 atom stereocenters. The van der Waals surface area contributed by atoms with Crippen molar-refractivity contribution in [1.29, 1.82) is 0 Å². The number of aliphatic hydroxyl groups excluding tert-OH is 1. The Balaban J connectivity index is 1.28. The van der Waals surface area contributed by atoms with E-state index in [1.54, 1.807) is 25.2 Å². The second-order valence-electron chi connectivity index (χ2n) is 16.5. The largest absolute Gasteiger partial charge is 0.496 e. The summed E-state index contributed by atoms with van der Waals surface area (Å²) in [5, 5.41) is 19.2. The third kappa shape index (κ3) is 7.90. The van der Waals surface area contributed by atoms with Crippen LogP contribution in [0.3, 0.4) is 0 Å². The predicted octanol–water partition coefficient (Wildman–Crippen LogP) is 6.54. The van der Waals surface area contributed by atoms with Crippen LogP contribution in [0.4, 0.5) is 11.4 Å². The zero-order valence-corrected chi connectivity index (χ0v) is 33.5. The van der Waals surface area contributed by atoms with Crippen molar-refractivity contribution in [2.75, 3.05) is 31.8 Å². The molecule has 3 aromatic carbocycles. The molecule has 4 aliphatic rings. The highest BCUT2D eigenvalue weighted by Crippen LogP contribution is 2.60. The van der Waals surface area contributed by atoms with Crippen LogP contribution in [-0.2, 0) is 22.6 Å². The number of fused-ring (bicyclic) bond motifs is 2. The van der Waals surface area contributed by atoms with E-state index in [2.05, 4.69) is 44.6 Å². The fourth-order valence-corrected chi connectivity index (χ4v) is 9.03. The molecule has 0 spiro atoms. The van der Waals surface area contributed by atoms with Crippen LogP contribution in [0.5, 0.6) is 5.75 Å². The number of methoxy groups -OCH3 is 1. The van der Waals surface area contributed by atoms with Crippen molar-refractivity contribution in [1.82, 2.24) is 15.7 Å². The van der Waals surface area contributed by atoms with Crippen LogP contribution in [0.25, 0.3) is 11.1 Å². The highest BCUT2D eigenvalue weighted by atomic mass is 16.7. The van der Waals surface area contributed by atoms with Gasteiger partial charge in [-0.25, -0.2) is 0 Å². The molecule has 55 heavy (non-hydrogen) atoms. The van der Waals surface area contributed by atoms with E-state index in [1.807, 2.05) is 79.7 Å². The van der Waals surface area contributed by atoms with Crippen LogP contribution in [0.15, 0.2) is 85.5 Å². The van der Waals surface area contributed by atoms with Crippen LogP contribution in [0.2, 0.25) is 0 Å². The number of rotatable bonds is 14. The molecule has 1 unspecified atom stereocenters. The van der Waals surface area contributed by atoms with Crippen molar-refractivity contribution in [2.24, 2.45) is 23.2 Å². The summed E-state index contributed by atoms with van der Waals surface area (Å²) < 4.78 is 6.11. The molecule has 294 valence electrons. The molecule has 4 fully saturated rings. The van der Waals surface area contributed by atoms with Crippen molar-refractivity contribution in [3.05, 3.63) is 102 Å². The Morgan fingerprint density at radius 2 is 1.85 bits per heavy atom. The van der Waals surface area contributed by atoms with E-state index in [4.69, 9.17) is 15.3 Å². The summed E-state index contributed by atoms with van der Waals surface area (Å²) in [7, 11) is 5.51. The van der Waals surface area contributed by atoms with E-state index in [9.17, 15) is 14.7 Å². The number of anilines is 2. The van der Waals surface area contributed by atoms with Gasteiger partial charge in [0.2, 0.25) is 5.91 Å². The average molecular weight is 750 g/mol. The summed E-state index contributed by atoms with van der Waals surface area (Å²) in [6.07, 6.45) is 3.58. The average Bonchev–Trinajstić information content (AvgIpc) is 3.54. The Hall–Kier alpha value is -4.64. The highest BCUT2D eigenvalue weighted by molar-refractivity contribution is 5.97. The number of hydroxylamine groups is 2. The summed E-state index contributed by atoms with van der Waals surface area (Å²) in [5.41, 5.74) is 13.0. The fourth-order valence-electron chi connectivity index (χ4n) is 9.03. The van der Waals surface area contributed by atoms with Gasteiger partial charge in [0.15, 0.2) is 0 Å². The van der Waals surface area contributed by atoms with E-state index < -0.39 is 24.2 Å². The first-order valence-corrected chi connectivity index (χ1v) is 19.5. The van der Waals surface area contributed by atoms with Gasteiger partial charge in [-0.2, -0.15) is 5.06 Å². The Morgan fingerprint density at radius 1 is 1.13 bits per heavy atom. The van der Waals surface area contributed by atoms with Gasteiger partial charge in [-0.05, 0) is 85.3 Å². The van der Waals surface area contributed by atoms with Crippen LogP contribution < -0.4 is 26.0 Å². The lowest BCUT2D eigenvalue weighted by molar-refractivity contribution is -0.168. The Kier molecular flexibility index (Phi) is 11.8. The van der Waals surface area contributed by atoms with Crippen LogP contribution in [0, 0.1) is 23.2 Å². The topological polar surface area (TPSA) is 129 Å². The molecular formula is C45H59N5O5. The molecule has 10 heteroatoms. The first kappa shape index (κ1) is 40.0. The van der Waals surface area contributed by atoms with Crippen molar-refractivity contribution in [2.45, 2.75) is 90.3 Å². The smallest absolute Gasteiger partial charge is 0.251 e. The lowest BCUT2D eigenvalue weighted by Gasteiger charge is -2.60. The van der Waals surface area contributed by atoms with Crippen molar-refractivity contribution < 1.29 is 24.3 Å². The highest BCUT2D eigenvalue weighted by Gasteiger charge is 2.56. The standard InChI is InChI=1S/C45H59N5O5/c1-10-33(20-28-15-12-13-18-37(28)46)47-43(52)31-19-30(21-34(22-31)49(7)8)35-17-14-16-29(42(35)54-9)25-50-41(40(27(4)51)39(11-2)55-50)44(53)48-38-24-32-23-36(26(38)3)45(32,5)6/h11-19,21-22,27,32-33,36,38-41,51H,2-3,10,20,23-25,46H2,1,4-9H3,(H,47,52)(H,48,53)/t27-,32+,33?,36-,38-,39-,40-,41-/m0/s1. The molecular weight excluding hydrogens is 691 g/mol. The number of nitrogens with one attached hydrogen (secondary N) is 2. The van der Waals surface area contributed by atoms with Crippen LogP contribution >= 0.6 is 0 Å². The molecule has 7 rings (SSSR count). The normalized spacial score (nSPS) is 25.3. The van der Waals surface area contributed by atoms with Gasteiger partial charge in [-0.15, -0.1) is 6.58 Å². The molecule has 5 N–H and O–H groups in total. The van der Waals surface area contributed by atoms with Crippen molar-refractivity contribution in [3.63, 3.8) is 0 Å². The SMILES string of the molecule is C=C[C@@H]1ON(Cc2cccc(-c3cc(C(=O)NC(CC)Cc4ccccc4N)cc(N(C)C)c3)c2OC)[C@H](C(=O)N[C@H]2C[C@H]3C[C@@H](C2=C)C3(C)C)[C@H]1[C@H](C)O. The van der Waals surface area contributed by atoms with E-state index >= 15 is 0 Å². The first-order chi connectivity index (χ1) is 26.2. The number of ether oxygens (including phenoxy) is 1. The Morgan fingerprint density at radius 3 is 2.47 bits per heavy atom. The zero-order chi connectivity index (χ0) is 39.8. The molecule has 2 amide bonds. The summed E-state index contributed by atoms with van der Waals surface area (Å²) in [6.45, 7) is 16.9. The van der Waals surface area contributed by atoms with E-state index in [-0.39, 0.29) is 35.9 Å². The van der Waals surface area contributed by atoms with Gasteiger partial charge in [-0.1, -0.05) is 75.4 Å². The summed E-state index contributed by atoms with van der Waals surface area (Å²) in [6, 6.07) is 18.4. The summed E-state index contributed by atoms with van der Waals surface area (Å²) in [4.78, 5) is 36.5. The molecule has 3 aromatic rings. The number of carbonyl (C=O) groups is 2. The number of hydrogen-bond donors (Lipinski definition) is 4. The van der Waals surface area contributed by atoms with Gasteiger partial charge in [0.1, 0.15) is 17.9 Å². The third-order valence-electron chi connectivity index (χ3n) is 12.6. The molecule has 0 radical (unpaired) electrons. The molecule has 1 heterocycles. The number of nitrogens with two attached hydrogens (primary N) is 1. The van der Waals surface area contributed by atoms with Gasteiger partial charge in [0, 0.05) is 54.1 Å². The maximum Gasteiger partial charge on any atom is 0.251 e. The monoisotopic (exact) mass is 749 g/mol. The molecule has 3 aliphatic carbocycles. The minimum atomic E-state index is -0.838. The molecule has 3 saturated carbocycles. The number of nitrogens with zero attached hydrogens (tertiary/aromatic N) is 2. The van der Waals surface area contributed by atoms with Crippen LogP contribution in [-0.4, -0.2) is 73.5 Å². The molecule has 0 aromatic heterocycles. The zero-order valence-electron chi connectivity index (χ0n) is 33.5. The Labute approximate surface area is 326 Å². The number of hydrogen-bond acceptors (Lipinski definition) is 8. The van der Waals surface area contributed by atoms with Crippen molar-refractivity contribution in [3.8, 4) is 16.9 Å². The number of benzene rings is 3. The van der Waals surface area contributed by atoms with Gasteiger partial charge in [0.25, 0.3) is 5.91 Å². The predicted molar refractivity (Wildman–Crippen MR) is 219 cm³/mol. The lowest BCUT2D eigenvalue weighted by atomic mass is 9.46. The van der Waals surface area contributed by atoms with E-state index in [1.165, 1.54) is 0 Å². The molecule has 2 bridgehead atoms. The fraction of sp³-hybridized carbons (Fsp3) is 0.467. The van der Waals surface area contributed by atoms with Gasteiger partial charge in [0.05, 0.1) is 25.8 Å². The quantitative estimate of drug-likeness (QED) is 0.108. The number of amides is 2. The maximum absolute atomic E-state index is 14.3. The van der Waals surface area contributed by atoms with Crippen molar-refractivity contribution >= 4 is 23.2 Å². The van der Waals surface area contributed by atoms with Crippen LogP contribution in [0.1, 0.15) is 68.4 Å². The lowest BCUT2D eigenvalue weighted by Crippen LogP contribution is -2.59. The van der Waals surface area contributed by atoms with Gasteiger partial charge < -0.3 is 31.1 Å². The minimum absolute atomic E-state index is 0.106. The number of nitrogen functional groups attached to an aromatic ring is 1. The van der Waals surface area contributed by atoms with Gasteiger partial charge in [-0.3, -0.25) is 14.4 Å². The summed E-state index contributed by atoms with van der Waals surface area (Å²) in [5.74, 6) is 0.582. The molecule has 1 saturated heterocycles. The second-order valence-corrected chi connectivity index (χ2v) is 16.5. The Bertz CT molecular complexity index is 1920. The molecule has 1 aliphatic heterocycles. The first-order valence-electron chi connectivity index (χ1n) is 19.5. The van der Waals surface area contributed by atoms with E-state index in [0.717, 1.165) is 52.8 Å². The van der Waals surface area contributed by atoms with Gasteiger partial charge >= 0.3 is 0 Å². The number of aliphatic hydroxyl groups is 1. The summed E-state index contributed by atoms with van der Waals surface area (Å²) >= 11 is 0. The minimum Gasteiger partial charge on any atom is -0.496 e. The number of carbonyl (C=O) groups excluding carboxylic acids is 2. The second kappa shape index (κ2) is 16.2. The van der Waals surface area contributed by atoms with E-state index in [0.29, 0.717) is 35.3 Å². The number of para-hydroxylation sites is 2. The maximum atomic E-state index is 14.3. The third-order valence-corrected chi connectivity index (χ3v) is 12.6. The molecule has 10 nitrogen and oxygen atoms in total.